The van der Waals surface area contributed by atoms with Crippen LogP contribution in [0.25, 0.3) is 0 Å². The molecule has 2 heterocycles. The van der Waals surface area contributed by atoms with Gasteiger partial charge in [0.25, 0.3) is 5.91 Å². The zero-order chi connectivity index (χ0) is 22.8. The summed E-state index contributed by atoms with van der Waals surface area (Å²) in [5, 5.41) is 5.77. The Balaban J connectivity index is 1.01. The molecule has 0 radical (unpaired) electrons. The number of hydrogen-bond acceptors (Lipinski definition) is 4. The topological polar surface area (TPSA) is 70.7 Å². The Hall–Kier alpha value is -2.86. The van der Waals surface area contributed by atoms with Gasteiger partial charge in [-0.05, 0) is 67.9 Å². The number of carbonyl (C=O) groups is 2. The Labute approximate surface area is 195 Å². The minimum absolute atomic E-state index is 0.0128. The van der Waals surface area contributed by atoms with Crippen molar-refractivity contribution in [1.82, 2.24) is 15.5 Å². The minimum Gasteiger partial charge on any atom is -0.493 e. The molecule has 0 spiro atoms. The SMILES string of the molecule is Cc1cccc(C(=O)NCC(=O)NC2CN(C3CCC(c4ccc5c(c4)OCC5)CC3)C2)c1. The van der Waals surface area contributed by atoms with E-state index in [1.54, 1.807) is 6.07 Å². The van der Waals surface area contributed by atoms with Gasteiger partial charge in [-0.2, -0.15) is 0 Å². The van der Waals surface area contributed by atoms with Gasteiger partial charge in [-0.3, -0.25) is 14.5 Å². The molecule has 174 valence electrons. The molecule has 1 saturated heterocycles. The standard InChI is InChI=1S/C27H33N3O3/c1-18-3-2-4-22(13-18)27(32)28-15-26(31)29-23-16-30(17-23)24-9-7-19(8-10-24)21-6-5-20-11-12-33-25(20)14-21/h2-6,13-14,19,23-24H,7-12,15-17H2,1H3,(H,28,32)(H,29,31). The summed E-state index contributed by atoms with van der Waals surface area (Å²) in [7, 11) is 0. The summed E-state index contributed by atoms with van der Waals surface area (Å²) in [6.45, 7) is 4.58. The van der Waals surface area contributed by atoms with Crippen LogP contribution in [0.3, 0.4) is 0 Å². The van der Waals surface area contributed by atoms with Gasteiger partial charge in [-0.1, -0.05) is 29.8 Å². The van der Waals surface area contributed by atoms with Crippen LogP contribution in [0.5, 0.6) is 5.75 Å². The van der Waals surface area contributed by atoms with Crippen molar-refractivity contribution >= 4 is 11.8 Å². The van der Waals surface area contributed by atoms with Crippen molar-refractivity contribution in [3.05, 3.63) is 64.7 Å². The number of nitrogens with zero attached hydrogens (tertiary/aromatic N) is 1. The monoisotopic (exact) mass is 447 g/mol. The molecule has 6 heteroatoms. The fraction of sp³-hybridized carbons (Fsp3) is 0.481. The second-order valence-electron chi connectivity index (χ2n) is 9.74. The van der Waals surface area contributed by atoms with E-state index in [0.29, 0.717) is 17.5 Å². The molecule has 2 fully saturated rings. The van der Waals surface area contributed by atoms with Crippen molar-refractivity contribution in [2.24, 2.45) is 0 Å². The lowest BCUT2D eigenvalue weighted by molar-refractivity contribution is -0.122. The maximum absolute atomic E-state index is 12.3. The van der Waals surface area contributed by atoms with Gasteiger partial charge in [0, 0.05) is 31.1 Å². The number of ether oxygens (including phenoxy) is 1. The van der Waals surface area contributed by atoms with Crippen LogP contribution < -0.4 is 15.4 Å². The molecule has 0 aromatic heterocycles. The van der Waals surface area contributed by atoms with E-state index in [2.05, 4.69) is 33.7 Å². The van der Waals surface area contributed by atoms with E-state index in [0.717, 1.165) is 37.4 Å². The van der Waals surface area contributed by atoms with Gasteiger partial charge in [-0.25, -0.2) is 0 Å². The number of likely N-dealkylation sites (tertiary alicyclic amines) is 1. The summed E-state index contributed by atoms with van der Waals surface area (Å²) in [5.41, 5.74) is 4.38. The molecular weight excluding hydrogens is 414 g/mol. The largest absolute Gasteiger partial charge is 0.493 e. The quantitative estimate of drug-likeness (QED) is 0.714. The molecule has 2 N–H and O–H groups in total. The van der Waals surface area contributed by atoms with Crippen LogP contribution in [-0.4, -0.2) is 55.0 Å². The molecule has 5 rings (SSSR count). The van der Waals surface area contributed by atoms with Gasteiger partial charge < -0.3 is 15.4 Å². The molecule has 2 aromatic carbocycles. The molecule has 2 aromatic rings. The molecule has 33 heavy (non-hydrogen) atoms. The average molecular weight is 448 g/mol. The lowest BCUT2D eigenvalue weighted by atomic mass is 9.80. The molecular formula is C27H33N3O3. The van der Waals surface area contributed by atoms with Crippen LogP contribution in [0.2, 0.25) is 0 Å². The minimum atomic E-state index is -0.212. The van der Waals surface area contributed by atoms with Crippen LogP contribution in [0.4, 0.5) is 0 Å². The van der Waals surface area contributed by atoms with Crippen molar-refractivity contribution in [2.45, 2.75) is 57.0 Å². The Bertz CT molecular complexity index is 1020. The van der Waals surface area contributed by atoms with E-state index >= 15 is 0 Å². The first kappa shape index (κ1) is 22.0. The number of carbonyl (C=O) groups excluding carboxylic acids is 2. The fourth-order valence-electron chi connectivity index (χ4n) is 5.44. The van der Waals surface area contributed by atoms with Crippen molar-refractivity contribution in [1.29, 1.82) is 0 Å². The average Bonchev–Trinajstić information content (AvgIpc) is 3.28. The normalized spacial score (nSPS) is 22.7. The summed E-state index contributed by atoms with van der Waals surface area (Å²) in [4.78, 5) is 27.0. The second kappa shape index (κ2) is 9.56. The number of amides is 2. The number of hydrogen-bond donors (Lipinski definition) is 2. The van der Waals surface area contributed by atoms with Gasteiger partial charge in [0.05, 0.1) is 19.2 Å². The van der Waals surface area contributed by atoms with E-state index in [4.69, 9.17) is 4.74 Å². The number of benzene rings is 2. The van der Waals surface area contributed by atoms with Crippen molar-refractivity contribution in [3.8, 4) is 5.75 Å². The third-order valence-corrected chi connectivity index (χ3v) is 7.37. The van der Waals surface area contributed by atoms with Crippen LogP contribution in [0, 0.1) is 6.92 Å². The lowest BCUT2D eigenvalue weighted by Crippen LogP contribution is -2.63. The smallest absolute Gasteiger partial charge is 0.251 e. The van der Waals surface area contributed by atoms with E-state index in [9.17, 15) is 9.59 Å². The highest BCUT2D eigenvalue weighted by molar-refractivity contribution is 5.96. The summed E-state index contributed by atoms with van der Waals surface area (Å²) in [6, 6.07) is 15.0. The van der Waals surface area contributed by atoms with Gasteiger partial charge in [0.1, 0.15) is 5.75 Å². The zero-order valence-corrected chi connectivity index (χ0v) is 19.3. The first-order chi connectivity index (χ1) is 16.0. The number of fused-ring (bicyclic) bond motifs is 1. The highest BCUT2D eigenvalue weighted by Crippen LogP contribution is 2.38. The molecule has 0 atom stereocenters. The second-order valence-corrected chi connectivity index (χ2v) is 9.74. The fourth-order valence-corrected chi connectivity index (χ4v) is 5.44. The summed E-state index contributed by atoms with van der Waals surface area (Å²) >= 11 is 0. The molecule has 1 saturated carbocycles. The molecule has 3 aliphatic rings. The Kier molecular flexibility index (Phi) is 6.36. The summed E-state index contributed by atoms with van der Waals surface area (Å²) < 4.78 is 5.75. The van der Waals surface area contributed by atoms with Crippen molar-refractivity contribution in [2.75, 3.05) is 26.2 Å². The molecule has 0 unspecified atom stereocenters. The van der Waals surface area contributed by atoms with Crippen LogP contribution in [-0.2, 0) is 11.2 Å². The number of rotatable bonds is 6. The Morgan fingerprint density at radius 1 is 1.06 bits per heavy atom. The van der Waals surface area contributed by atoms with Gasteiger partial charge in [0.2, 0.25) is 5.91 Å². The third-order valence-electron chi connectivity index (χ3n) is 7.37. The highest BCUT2D eigenvalue weighted by atomic mass is 16.5. The predicted molar refractivity (Wildman–Crippen MR) is 128 cm³/mol. The maximum atomic E-state index is 12.3. The van der Waals surface area contributed by atoms with Gasteiger partial charge in [0.15, 0.2) is 0 Å². The highest BCUT2D eigenvalue weighted by Gasteiger charge is 2.35. The van der Waals surface area contributed by atoms with Crippen molar-refractivity contribution < 1.29 is 14.3 Å². The van der Waals surface area contributed by atoms with Crippen LogP contribution in [0.1, 0.15) is 58.6 Å². The summed E-state index contributed by atoms with van der Waals surface area (Å²) in [5.74, 6) is 1.38. The number of nitrogens with one attached hydrogen (secondary N) is 2. The van der Waals surface area contributed by atoms with Gasteiger partial charge in [-0.15, -0.1) is 0 Å². The molecule has 0 bridgehead atoms. The zero-order valence-electron chi connectivity index (χ0n) is 19.3. The third kappa shape index (κ3) is 5.06. The first-order valence-electron chi connectivity index (χ1n) is 12.2. The molecule has 2 aliphatic heterocycles. The first-order valence-corrected chi connectivity index (χ1v) is 12.2. The van der Waals surface area contributed by atoms with Crippen LogP contribution >= 0.6 is 0 Å². The maximum Gasteiger partial charge on any atom is 0.251 e. The van der Waals surface area contributed by atoms with E-state index in [1.165, 1.54) is 36.8 Å². The Morgan fingerprint density at radius 3 is 2.67 bits per heavy atom. The lowest BCUT2D eigenvalue weighted by Gasteiger charge is -2.46. The van der Waals surface area contributed by atoms with Gasteiger partial charge >= 0.3 is 0 Å². The van der Waals surface area contributed by atoms with E-state index in [1.807, 2.05) is 25.1 Å². The predicted octanol–water partition coefficient (Wildman–Crippen LogP) is 3.19. The molecule has 2 amide bonds. The Morgan fingerprint density at radius 2 is 1.88 bits per heavy atom. The number of aryl methyl sites for hydroxylation is 1. The van der Waals surface area contributed by atoms with E-state index in [-0.39, 0.29) is 24.4 Å². The van der Waals surface area contributed by atoms with Crippen LogP contribution in [0.15, 0.2) is 42.5 Å². The summed E-state index contributed by atoms with van der Waals surface area (Å²) in [6.07, 6.45) is 5.86. The molecule has 6 nitrogen and oxygen atoms in total. The molecule has 1 aliphatic carbocycles. The van der Waals surface area contributed by atoms with Crippen molar-refractivity contribution in [3.63, 3.8) is 0 Å². The van der Waals surface area contributed by atoms with E-state index < -0.39 is 0 Å².